The van der Waals surface area contributed by atoms with Crippen molar-refractivity contribution in [2.75, 3.05) is 26.2 Å². The second-order valence-electron chi connectivity index (χ2n) is 4.69. The van der Waals surface area contributed by atoms with Gasteiger partial charge < -0.3 is 21.1 Å². The van der Waals surface area contributed by atoms with Crippen molar-refractivity contribution in [3.8, 4) is 0 Å². The van der Waals surface area contributed by atoms with E-state index in [9.17, 15) is 4.79 Å². The van der Waals surface area contributed by atoms with Crippen LogP contribution < -0.4 is 16.4 Å². The summed E-state index contributed by atoms with van der Waals surface area (Å²) >= 11 is 12.0. The van der Waals surface area contributed by atoms with Gasteiger partial charge in [0.05, 0.1) is 23.2 Å². The summed E-state index contributed by atoms with van der Waals surface area (Å²) in [5.41, 5.74) is 5.40. The number of hydrogen-bond donors (Lipinski definition) is 3. The van der Waals surface area contributed by atoms with Crippen molar-refractivity contribution >= 4 is 41.6 Å². The third-order valence-electron chi connectivity index (χ3n) is 3.36. The molecule has 1 saturated heterocycles. The molecule has 1 heterocycles. The molecule has 0 aromatic heterocycles. The molecule has 0 unspecified atom stereocenters. The SMILES string of the molecule is Cl.NC(=O)NC[C@@]1(c2ccc(Cl)c(Cl)c2)CCNCCO1. The van der Waals surface area contributed by atoms with Crippen molar-refractivity contribution in [2.24, 2.45) is 5.73 Å². The minimum Gasteiger partial charge on any atom is -0.367 e. The predicted octanol–water partition coefficient (Wildman–Crippen LogP) is 2.29. The first-order valence-corrected chi connectivity index (χ1v) is 7.13. The number of primary amides is 1. The number of carbonyl (C=O) groups excluding carboxylic acids is 1. The van der Waals surface area contributed by atoms with Gasteiger partial charge >= 0.3 is 6.03 Å². The molecule has 21 heavy (non-hydrogen) atoms. The molecule has 0 bridgehead atoms. The lowest BCUT2D eigenvalue weighted by Crippen LogP contribution is -2.45. The Morgan fingerprint density at radius 1 is 1.38 bits per heavy atom. The van der Waals surface area contributed by atoms with Crippen LogP contribution >= 0.6 is 35.6 Å². The number of hydrogen-bond acceptors (Lipinski definition) is 3. The van der Waals surface area contributed by atoms with Gasteiger partial charge in [0.15, 0.2) is 0 Å². The number of rotatable bonds is 3. The van der Waals surface area contributed by atoms with Crippen molar-refractivity contribution < 1.29 is 9.53 Å². The van der Waals surface area contributed by atoms with Crippen molar-refractivity contribution in [1.29, 1.82) is 0 Å². The lowest BCUT2D eigenvalue weighted by Gasteiger charge is -2.33. The quantitative estimate of drug-likeness (QED) is 0.779. The highest BCUT2D eigenvalue weighted by molar-refractivity contribution is 6.42. The van der Waals surface area contributed by atoms with E-state index in [0.717, 1.165) is 18.7 Å². The molecule has 0 aliphatic carbocycles. The molecule has 2 rings (SSSR count). The molecule has 4 N–H and O–H groups in total. The fraction of sp³-hybridized carbons (Fsp3) is 0.462. The van der Waals surface area contributed by atoms with E-state index < -0.39 is 11.6 Å². The van der Waals surface area contributed by atoms with Crippen molar-refractivity contribution in [3.05, 3.63) is 33.8 Å². The Morgan fingerprint density at radius 2 is 2.14 bits per heavy atom. The molecule has 1 fully saturated rings. The van der Waals surface area contributed by atoms with E-state index in [2.05, 4.69) is 10.6 Å². The van der Waals surface area contributed by atoms with Crippen LogP contribution in [0.1, 0.15) is 12.0 Å². The minimum atomic E-state index is -0.646. The molecule has 1 aliphatic heterocycles. The van der Waals surface area contributed by atoms with Crippen LogP contribution in [-0.4, -0.2) is 32.3 Å². The third kappa shape index (κ3) is 4.63. The van der Waals surface area contributed by atoms with Crippen LogP contribution in [0.5, 0.6) is 0 Å². The Hall–Kier alpha value is -0.720. The van der Waals surface area contributed by atoms with E-state index in [1.54, 1.807) is 12.1 Å². The molecule has 1 atom stereocenters. The van der Waals surface area contributed by atoms with Gasteiger partial charge in [-0.3, -0.25) is 0 Å². The van der Waals surface area contributed by atoms with Crippen molar-refractivity contribution in [3.63, 3.8) is 0 Å². The van der Waals surface area contributed by atoms with E-state index in [-0.39, 0.29) is 12.4 Å². The molecular formula is C13H18Cl3N3O2. The summed E-state index contributed by atoms with van der Waals surface area (Å²) in [6.45, 7) is 2.38. The minimum absolute atomic E-state index is 0. The number of nitrogens with one attached hydrogen (secondary N) is 2. The van der Waals surface area contributed by atoms with Gasteiger partial charge in [-0.1, -0.05) is 29.3 Å². The topological polar surface area (TPSA) is 76.4 Å². The Labute approximate surface area is 139 Å². The van der Waals surface area contributed by atoms with E-state index >= 15 is 0 Å². The number of nitrogens with two attached hydrogens (primary N) is 1. The molecule has 0 saturated carbocycles. The van der Waals surface area contributed by atoms with Gasteiger partial charge in [0, 0.05) is 6.54 Å². The Bertz CT molecular complexity index is 492. The summed E-state index contributed by atoms with van der Waals surface area (Å²) in [5, 5.41) is 6.83. The fourth-order valence-electron chi connectivity index (χ4n) is 2.28. The van der Waals surface area contributed by atoms with Gasteiger partial charge in [0.1, 0.15) is 5.60 Å². The summed E-state index contributed by atoms with van der Waals surface area (Å²) in [5.74, 6) is 0. The number of halogens is 3. The average molecular weight is 355 g/mol. The summed E-state index contributed by atoms with van der Waals surface area (Å²) < 4.78 is 5.99. The van der Waals surface area contributed by atoms with Crippen LogP contribution in [0.2, 0.25) is 10.0 Å². The number of benzene rings is 1. The Kier molecular flexibility index (Phi) is 7.03. The van der Waals surface area contributed by atoms with Crippen LogP contribution in [0, 0.1) is 0 Å². The zero-order valence-corrected chi connectivity index (χ0v) is 13.7. The maximum atomic E-state index is 11.0. The van der Waals surface area contributed by atoms with E-state index in [0.29, 0.717) is 29.6 Å². The number of ether oxygens (including phenoxy) is 1. The summed E-state index contributed by atoms with van der Waals surface area (Å²) in [6, 6.07) is 4.79. The first-order valence-electron chi connectivity index (χ1n) is 6.37. The molecule has 118 valence electrons. The van der Waals surface area contributed by atoms with Crippen LogP contribution in [0.4, 0.5) is 4.79 Å². The predicted molar refractivity (Wildman–Crippen MR) is 86.4 cm³/mol. The van der Waals surface area contributed by atoms with E-state index in [1.165, 1.54) is 0 Å². The molecule has 0 radical (unpaired) electrons. The third-order valence-corrected chi connectivity index (χ3v) is 4.10. The molecule has 1 aliphatic rings. The first-order chi connectivity index (χ1) is 9.53. The average Bonchev–Trinajstić information content (AvgIpc) is 2.66. The summed E-state index contributed by atoms with van der Waals surface area (Å²) in [4.78, 5) is 11.0. The van der Waals surface area contributed by atoms with Gasteiger partial charge in [0.25, 0.3) is 0 Å². The van der Waals surface area contributed by atoms with Crippen LogP contribution in [-0.2, 0) is 10.3 Å². The molecule has 2 amide bonds. The van der Waals surface area contributed by atoms with Gasteiger partial charge in [-0.05, 0) is 30.7 Å². The highest BCUT2D eigenvalue weighted by Gasteiger charge is 2.35. The van der Waals surface area contributed by atoms with Gasteiger partial charge in [-0.15, -0.1) is 12.4 Å². The highest BCUT2D eigenvalue weighted by atomic mass is 35.5. The standard InChI is InChI=1S/C13H17Cl2N3O2.ClH/c14-10-2-1-9(7-11(10)15)13(8-18-12(16)19)3-4-17-5-6-20-13;/h1-2,7,17H,3-6,8H2,(H3,16,18,19);1H/t13-;/m1./s1. The lowest BCUT2D eigenvalue weighted by atomic mass is 9.90. The number of urea groups is 1. The second kappa shape index (κ2) is 8.06. The molecular weight excluding hydrogens is 337 g/mol. The summed E-state index contributed by atoms with van der Waals surface area (Å²) in [6.07, 6.45) is 0.700. The zero-order valence-electron chi connectivity index (χ0n) is 11.3. The maximum Gasteiger partial charge on any atom is 0.312 e. The van der Waals surface area contributed by atoms with Crippen molar-refractivity contribution in [1.82, 2.24) is 10.6 Å². The van der Waals surface area contributed by atoms with E-state index in [4.69, 9.17) is 33.7 Å². The Balaban J connectivity index is 0.00000220. The fourth-order valence-corrected chi connectivity index (χ4v) is 2.58. The lowest BCUT2D eigenvalue weighted by molar-refractivity contribution is -0.0396. The molecule has 0 spiro atoms. The number of amides is 2. The molecule has 8 heteroatoms. The Morgan fingerprint density at radius 3 is 2.81 bits per heavy atom. The van der Waals surface area contributed by atoms with Crippen LogP contribution in [0.25, 0.3) is 0 Å². The highest BCUT2D eigenvalue weighted by Crippen LogP contribution is 2.34. The molecule has 5 nitrogen and oxygen atoms in total. The van der Waals surface area contributed by atoms with Crippen LogP contribution in [0.15, 0.2) is 18.2 Å². The number of carbonyl (C=O) groups is 1. The molecule has 1 aromatic carbocycles. The van der Waals surface area contributed by atoms with E-state index in [1.807, 2.05) is 6.07 Å². The summed E-state index contributed by atoms with van der Waals surface area (Å²) in [7, 11) is 0. The zero-order chi connectivity index (χ0) is 14.6. The molecule has 1 aromatic rings. The first kappa shape index (κ1) is 18.3. The van der Waals surface area contributed by atoms with Gasteiger partial charge in [-0.2, -0.15) is 0 Å². The van der Waals surface area contributed by atoms with Crippen molar-refractivity contribution in [2.45, 2.75) is 12.0 Å². The second-order valence-corrected chi connectivity index (χ2v) is 5.50. The van der Waals surface area contributed by atoms with Crippen LogP contribution in [0.3, 0.4) is 0 Å². The largest absolute Gasteiger partial charge is 0.367 e. The monoisotopic (exact) mass is 353 g/mol. The van der Waals surface area contributed by atoms with Gasteiger partial charge in [-0.25, -0.2) is 4.79 Å². The maximum absolute atomic E-state index is 11.0. The smallest absolute Gasteiger partial charge is 0.312 e. The van der Waals surface area contributed by atoms with Gasteiger partial charge in [0.2, 0.25) is 0 Å². The normalized spacial score (nSPS) is 22.0.